The van der Waals surface area contributed by atoms with Gasteiger partial charge in [0.15, 0.2) is 0 Å². The summed E-state index contributed by atoms with van der Waals surface area (Å²) in [7, 11) is 0. The van der Waals surface area contributed by atoms with Gasteiger partial charge in [-0.1, -0.05) is 19.9 Å². The van der Waals surface area contributed by atoms with Crippen molar-refractivity contribution in [2.24, 2.45) is 11.8 Å². The van der Waals surface area contributed by atoms with Crippen LogP contribution in [0.4, 0.5) is 5.69 Å². The fourth-order valence-electron chi connectivity index (χ4n) is 10.0. The number of aromatic amines is 1. The number of hydrogen-bond acceptors (Lipinski definition) is 11. The zero-order valence-corrected chi connectivity index (χ0v) is 36.0. The highest BCUT2D eigenvalue weighted by Gasteiger charge is 2.45. The maximum Gasteiger partial charge on any atom is 0.262 e. The number of nitrogens with zero attached hydrogens (tertiary/aromatic N) is 6. The second-order valence-corrected chi connectivity index (χ2v) is 18.0. The van der Waals surface area contributed by atoms with Gasteiger partial charge in [0.05, 0.1) is 22.3 Å². The highest BCUT2D eigenvalue weighted by molar-refractivity contribution is 6.23. The Morgan fingerprint density at radius 3 is 2.10 bits per heavy atom. The molecule has 0 radical (unpaired) electrons. The summed E-state index contributed by atoms with van der Waals surface area (Å²) in [5.74, 6) is 1.60. The van der Waals surface area contributed by atoms with Crippen molar-refractivity contribution in [1.29, 1.82) is 0 Å². The van der Waals surface area contributed by atoms with E-state index in [-0.39, 0.29) is 27.2 Å². The zero-order valence-electron chi connectivity index (χ0n) is 36.0. The van der Waals surface area contributed by atoms with Gasteiger partial charge in [-0.25, -0.2) is 0 Å². The largest absolute Gasteiger partial charge is 0.488 e. The summed E-state index contributed by atoms with van der Waals surface area (Å²) in [5.41, 5.74) is 4.76. The molecule has 7 aliphatic rings. The summed E-state index contributed by atoms with van der Waals surface area (Å²) < 4.78 is 6.27. The van der Waals surface area contributed by atoms with Crippen LogP contribution < -0.4 is 20.3 Å². The van der Waals surface area contributed by atoms with Crippen LogP contribution in [0.25, 0.3) is 16.5 Å². The lowest BCUT2D eigenvalue weighted by Gasteiger charge is -2.41. The average Bonchev–Trinajstić information content (AvgIpc) is 3.77. The third-order valence-electron chi connectivity index (χ3n) is 13.9. The number of benzene rings is 2. The van der Waals surface area contributed by atoms with Crippen LogP contribution in [-0.2, 0) is 9.59 Å². The molecular formula is C47H65N9O5. The zero-order chi connectivity index (χ0) is 42.3. The van der Waals surface area contributed by atoms with Crippen molar-refractivity contribution in [1.82, 2.24) is 40.4 Å². The minimum absolute atomic E-state index is 0. The number of H-pyrrole nitrogens is 1. The molecule has 10 rings (SSSR count). The first-order valence-electron chi connectivity index (χ1n) is 22.8. The van der Waals surface area contributed by atoms with Crippen LogP contribution >= 0.6 is 0 Å². The summed E-state index contributed by atoms with van der Waals surface area (Å²) in [5, 5.41) is 15.0. The second-order valence-electron chi connectivity index (χ2n) is 18.0. The van der Waals surface area contributed by atoms with Crippen LogP contribution in [0.3, 0.4) is 0 Å². The van der Waals surface area contributed by atoms with Crippen LogP contribution in [0.2, 0.25) is 0 Å². The second kappa shape index (κ2) is 17.3. The van der Waals surface area contributed by atoms with Crippen molar-refractivity contribution in [2.45, 2.75) is 83.8 Å². The van der Waals surface area contributed by atoms with E-state index in [1.54, 1.807) is 6.07 Å². The van der Waals surface area contributed by atoms with Gasteiger partial charge in [0.25, 0.3) is 11.8 Å². The molecule has 14 heteroatoms. The smallest absolute Gasteiger partial charge is 0.262 e. The molecule has 328 valence electrons. The van der Waals surface area contributed by atoms with Crippen LogP contribution in [0.1, 0.15) is 101 Å². The number of amides is 4. The SMILES string of the molecule is CC.CC1(Oc2ccc3[nH]nc(C4=CCNC(N5CCC(CN6CCN(CC7CCN(c8ccc9c(c8)C(=O)N(C8CCC(=O)NC8=O)C9=O)CC7)CC6)CC5)=C4)c3c2)CC1.[HH].[HH]. The number of carbonyl (C=O) groups is 4. The van der Waals surface area contributed by atoms with Crippen molar-refractivity contribution >= 4 is 45.8 Å². The summed E-state index contributed by atoms with van der Waals surface area (Å²) in [6, 6.07) is 10.8. The first-order chi connectivity index (χ1) is 29.7. The lowest BCUT2D eigenvalue weighted by Crippen LogP contribution is -2.54. The molecule has 61 heavy (non-hydrogen) atoms. The Morgan fingerprint density at radius 2 is 1.44 bits per heavy atom. The first kappa shape index (κ1) is 41.2. The Kier molecular flexibility index (Phi) is 11.7. The topological polar surface area (TPSA) is 146 Å². The van der Waals surface area contributed by atoms with Gasteiger partial charge >= 0.3 is 0 Å². The van der Waals surface area contributed by atoms with Gasteiger partial charge in [0, 0.05) is 97.9 Å². The molecule has 1 aliphatic carbocycles. The Morgan fingerprint density at radius 1 is 0.787 bits per heavy atom. The number of carbonyl (C=O) groups excluding carboxylic acids is 4. The van der Waals surface area contributed by atoms with Gasteiger partial charge in [-0.2, -0.15) is 5.10 Å². The molecule has 1 saturated carbocycles. The van der Waals surface area contributed by atoms with E-state index in [1.807, 2.05) is 32.0 Å². The number of dihydropyridines is 1. The fourth-order valence-corrected chi connectivity index (χ4v) is 10.0. The number of piperidine rings is 3. The first-order valence-corrected chi connectivity index (χ1v) is 22.8. The number of fused-ring (bicyclic) bond motifs is 2. The number of hydrogen-bond donors (Lipinski definition) is 3. The van der Waals surface area contributed by atoms with Crippen molar-refractivity contribution in [3.63, 3.8) is 0 Å². The monoisotopic (exact) mass is 836 g/mol. The van der Waals surface area contributed by atoms with E-state index < -0.39 is 23.8 Å². The highest BCUT2D eigenvalue weighted by atomic mass is 16.5. The molecule has 1 aromatic heterocycles. The molecule has 4 amide bonds. The number of rotatable bonds is 10. The number of allylic oxidation sites excluding steroid dienone is 2. The van der Waals surface area contributed by atoms with Crippen molar-refractivity contribution in [3.8, 4) is 5.75 Å². The van der Waals surface area contributed by atoms with Crippen LogP contribution in [-0.4, -0.2) is 137 Å². The molecule has 0 spiro atoms. The number of nitrogens with one attached hydrogen (secondary N) is 3. The standard InChI is InChI=1S/C45H55N9O5.C2H6.2H2/c1-45(13-14-45)59-33-3-5-37-36(26-33)41(49-48-37)31-8-15-46-39(24-31)53-18-11-30(12-19-53)28-51-22-20-50(21-23-51)27-29-9-16-52(17-10-29)32-2-4-34-35(25-32)44(58)54(43(34)57)38-6-7-40(55)47-42(38)56;1-2;;/h2-5,8,24-26,29-30,38,46H,6-7,9-23,27-28H2,1H3,(H,48,49)(H,47,55,56);1-2H3;2*1H. The molecule has 3 aromatic rings. The molecule has 3 N–H and O–H groups in total. The maximum absolute atomic E-state index is 13.4. The lowest BCUT2D eigenvalue weighted by molar-refractivity contribution is -0.136. The van der Waals surface area contributed by atoms with Gasteiger partial charge in [0.2, 0.25) is 11.8 Å². The number of piperazine rings is 1. The molecule has 14 nitrogen and oxygen atoms in total. The van der Waals surface area contributed by atoms with E-state index in [9.17, 15) is 19.2 Å². The Labute approximate surface area is 361 Å². The molecule has 1 unspecified atom stereocenters. The molecule has 5 fully saturated rings. The van der Waals surface area contributed by atoms with Gasteiger partial charge in [-0.05, 0) is 106 Å². The molecule has 6 aliphatic heterocycles. The predicted octanol–water partition coefficient (Wildman–Crippen LogP) is 5.49. The van der Waals surface area contributed by atoms with E-state index in [0.717, 1.165) is 136 Å². The number of aromatic nitrogens is 2. The average molecular weight is 836 g/mol. The molecule has 4 saturated heterocycles. The lowest BCUT2D eigenvalue weighted by atomic mass is 9.94. The van der Waals surface area contributed by atoms with Gasteiger partial charge in [-0.3, -0.25) is 34.5 Å². The maximum atomic E-state index is 13.4. The fraction of sp³-hybridized carbons (Fsp3) is 0.553. The molecule has 0 bridgehead atoms. The van der Waals surface area contributed by atoms with Gasteiger partial charge in [-0.15, -0.1) is 0 Å². The van der Waals surface area contributed by atoms with Crippen molar-refractivity contribution < 1.29 is 26.8 Å². The van der Waals surface area contributed by atoms with E-state index in [0.29, 0.717) is 17.0 Å². The Bertz CT molecular complexity index is 2230. The summed E-state index contributed by atoms with van der Waals surface area (Å²) in [4.78, 5) is 61.8. The summed E-state index contributed by atoms with van der Waals surface area (Å²) in [6.45, 7) is 17.7. The molecule has 7 heterocycles. The molecule has 2 aromatic carbocycles. The Balaban J connectivity index is 0.00000147. The number of anilines is 1. The van der Waals surface area contributed by atoms with Crippen LogP contribution in [0.5, 0.6) is 5.75 Å². The number of imide groups is 2. The number of ether oxygens (including phenoxy) is 1. The van der Waals surface area contributed by atoms with E-state index in [2.05, 4.69) is 66.5 Å². The van der Waals surface area contributed by atoms with E-state index in [4.69, 9.17) is 9.84 Å². The minimum atomic E-state index is -0.948. The van der Waals surface area contributed by atoms with E-state index >= 15 is 0 Å². The van der Waals surface area contributed by atoms with Crippen molar-refractivity contribution in [3.05, 3.63) is 71.2 Å². The Hall–Kier alpha value is -5.21. The predicted molar refractivity (Wildman–Crippen MR) is 239 cm³/mol. The van der Waals surface area contributed by atoms with Crippen LogP contribution in [0.15, 0.2) is 54.4 Å². The van der Waals surface area contributed by atoms with E-state index in [1.165, 1.54) is 25.2 Å². The summed E-state index contributed by atoms with van der Waals surface area (Å²) >= 11 is 0. The quantitative estimate of drug-likeness (QED) is 0.223. The number of likely N-dealkylation sites (tertiary alicyclic amines) is 1. The minimum Gasteiger partial charge on any atom is -0.488 e. The highest BCUT2D eigenvalue weighted by Crippen LogP contribution is 2.41. The molecular weight excluding hydrogens is 771 g/mol. The third-order valence-corrected chi connectivity index (χ3v) is 13.9. The van der Waals surface area contributed by atoms with Crippen LogP contribution in [0, 0.1) is 11.8 Å². The van der Waals surface area contributed by atoms with Crippen molar-refractivity contribution in [2.75, 3.05) is 76.9 Å². The molecule has 1 atom stereocenters. The normalized spacial score (nSPS) is 23.9. The van der Waals surface area contributed by atoms with Gasteiger partial charge < -0.3 is 29.7 Å². The summed E-state index contributed by atoms with van der Waals surface area (Å²) in [6.07, 6.45) is 11.6. The third kappa shape index (κ3) is 8.66. The van der Waals surface area contributed by atoms with Gasteiger partial charge in [0.1, 0.15) is 23.2 Å².